The van der Waals surface area contributed by atoms with Crippen LogP contribution in [0.2, 0.25) is 0 Å². The zero-order chi connectivity index (χ0) is 14.7. The molecule has 1 aromatic heterocycles. The lowest BCUT2D eigenvalue weighted by molar-refractivity contribution is 0.0601. The van der Waals surface area contributed by atoms with Crippen molar-refractivity contribution >= 4 is 29.2 Å². The summed E-state index contributed by atoms with van der Waals surface area (Å²) in [5.74, 6) is -0.324. The van der Waals surface area contributed by atoms with Crippen LogP contribution in [0.5, 0.6) is 0 Å². The zero-order valence-corrected chi connectivity index (χ0v) is 11.5. The summed E-state index contributed by atoms with van der Waals surface area (Å²) in [4.78, 5) is 18.6. The predicted octanol–water partition coefficient (Wildman–Crippen LogP) is 3.52. The molecule has 0 atom stereocenters. The molecular weight excluding hydrogens is 264 g/mol. The van der Waals surface area contributed by atoms with Gasteiger partial charge in [0, 0.05) is 0 Å². The van der Waals surface area contributed by atoms with E-state index in [2.05, 4.69) is 14.7 Å². The molecule has 0 spiro atoms. The van der Waals surface area contributed by atoms with E-state index >= 15 is 0 Å². The number of fused-ring (bicyclic) bond motifs is 1. The highest BCUT2D eigenvalue weighted by atomic mass is 16.5. The number of carbonyl (C=O) groups excluding carboxylic acids is 1. The minimum Gasteiger partial charge on any atom is -0.465 e. The van der Waals surface area contributed by atoms with Gasteiger partial charge in [-0.3, -0.25) is 0 Å². The Hall–Kier alpha value is -2.88. The lowest BCUT2D eigenvalue weighted by atomic mass is 10.1. The van der Waals surface area contributed by atoms with Gasteiger partial charge in [-0.25, -0.2) is 9.78 Å². The second-order valence-corrected chi connectivity index (χ2v) is 4.63. The van der Waals surface area contributed by atoms with E-state index in [9.17, 15) is 4.79 Å². The molecule has 0 bridgehead atoms. The van der Waals surface area contributed by atoms with Crippen molar-refractivity contribution in [2.24, 2.45) is 0 Å². The van der Waals surface area contributed by atoms with Crippen molar-refractivity contribution in [3.63, 3.8) is 0 Å². The zero-order valence-electron chi connectivity index (χ0n) is 11.5. The predicted molar refractivity (Wildman–Crippen MR) is 82.8 cm³/mol. The van der Waals surface area contributed by atoms with Gasteiger partial charge in [-0.1, -0.05) is 30.4 Å². The number of aromatic amines is 1. The fourth-order valence-electron chi connectivity index (χ4n) is 2.10. The van der Waals surface area contributed by atoms with E-state index in [1.807, 2.05) is 42.5 Å². The van der Waals surface area contributed by atoms with Crippen molar-refractivity contribution in [1.29, 1.82) is 0 Å². The molecule has 4 heteroatoms. The quantitative estimate of drug-likeness (QED) is 0.589. The Balaban J connectivity index is 1.80. The average Bonchev–Trinajstić information content (AvgIpc) is 3.00. The minimum atomic E-state index is -0.324. The number of methoxy groups -OCH3 is 1. The Kier molecular flexibility index (Phi) is 3.51. The molecule has 0 aliphatic heterocycles. The smallest absolute Gasteiger partial charge is 0.337 e. The van der Waals surface area contributed by atoms with E-state index in [0.717, 1.165) is 22.2 Å². The van der Waals surface area contributed by atoms with E-state index in [0.29, 0.717) is 5.56 Å². The normalized spacial score (nSPS) is 11.1. The number of benzene rings is 2. The third-order valence-electron chi connectivity index (χ3n) is 3.24. The number of H-pyrrole nitrogens is 1. The molecule has 0 unspecified atom stereocenters. The van der Waals surface area contributed by atoms with E-state index in [4.69, 9.17) is 0 Å². The third-order valence-corrected chi connectivity index (χ3v) is 3.24. The van der Waals surface area contributed by atoms with Crippen LogP contribution in [0.3, 0.4) is 0 Å². The van der Waals surface area contributed by atoms with Crippen molar-refractivity contribution in [3.05, 3.63) is 65.5 Å². The summed E-state index contributed by atoms with van der Waals surface area (Å²) < 4.78 is 4.67. The SMILES string of the molecule is COC(=O)c1ccc(/C=C/c2ccc3nc[nH]c3c2)cc1. The lowest BCUT2D eigenvalue weighted by Gasteiger charge is -1.99. The lowest BCUT2D eigenvalue weighted by Crippen LogP contribution is -2.00. The van der Waals surface area contributed by atoms with Crippen LogP contribution >= 0.6 is 0 Å². The van der Waals surface area contributed by atoms with Crippen molar-refractivity contribution in [1.82, 2.24) is 9.97 Å². The number of nitrogens with one attached hydrogen (secondary N) is 1. The maximum atomic E-state index is 11.4. The number of nitrogens with zero attached hydrogens (tertiary/aromatic N) is 1. The summed E-state index contributed by atoms with van der Waals surface area (Å²) in [7, 11) is 1.38. The van der Waals surface area contributed by atoms with Crippen molar-refractivity contribution in [2.75, 3.05) is 7.11 Å². The van der Waals surface area contributed by atoms with Crippen molar-refractivity contribution in [3.8, 4) is 0 Å². The fourth-order valence-corrected chi connectivity index (χ4v) is 2.10. The number of imidazole rings is 1. The van der Waals surface area contributed by atoms with Crippen LogP contribution in [0.25, 0.3) is 23.2 Å². The van der Waals surface area contributed by atoms with Gasteiger partial charge in [0.2, 0.25) is 0 Å². The Morgan fingerprint density at radius 1 is 1.10 bits per heavy atom. The minimum absolute atomic E-state index is 0.324. The second-order valence-electron chi connectivity index (χ2n) is 4.63. The molecule has 0 fully saturated rings. The second kappa shape index (κ2) is 5.63. The Morgan fingerprint density at radius 2 is 1.81 bits per heavy atom. The highest BCUT2D eigenvalue weighted by Gasteiger charge is 2.03. The van der Waals surface area contributed by atoms with Crippen LogP contribution in [0.1, 0.15) is 21.5 Å². The fraction of sp³-hybridized carbons (Fsp3) is 0.0588. The molecule has 1 heterocycles. The molecule has 2 aromatic carbocycles. The molecule has 1 N–H and O–H groups in total. The summed E-state index contributed by atoms with van der Waals surface area (Å²) in [5, 5.41) is 0. The number of hydrogen-bond acceptors (Lipinski definition) is 3. The Bertz CT molecular complexity index is 801. The summed E-state index contributed by atoms with van der Waals surface area (Å²) >= 11 is 0. The highest BCUT2D eigenvalue weighted by Crippen LogP contribution is 2.15. The summed E-state index contributed by atoms with van der Waals surface area (Å²) in [5.41, 5.74) is 4.62. The number of rotatable bonds is 3. The van der Waals surface area contributed by atoms with Crippen LogP contribution in [0.15, 0.2) is 48.8 Å². The van der Waals surface area contributed by atoms with Gasteiger partial charge in [0.05, 0.1) is 30.0 Å². The van der Waals surface area contributed by atoms with Crippen LogP contribution < -0.4 is 0 Å². The van der Waals surface area contributed by atoms with Gasteiger partial charge in [-0.05, 0) is 35.4 Å². The number of ether oxygens (including phenoxy) is 1. The summed E-state index contributed by atoms with van der Waals surface area (Å²) in [6, 6.07) is 13.3. The molecular formula is C17H14N2O2. The maximum absolute atomic E-state index is 11.4. The third kappa shape index (κ3) is 2.84. The number of aromatic nitrogens is 2. The van der Waals surface area contributed by atoms with Gasteiger partial charge >= 0.3 is 5.97 Å². The largest absolute Gasteiger partial charge is 0.465 e. The van der Waals surface area contributed by atoms with Crippen LogP contribution in [-0.2, 0) is 4.74 Å². The maximum Gasteiger partial charge on any atom is 0.337 e. The van der Waals surface area contributed by atoms with Gasteiger partial charge in [-0.2, -0.15) is 0 Å². The summed E-state index contributed by atoms with van der Waals surface area (Å²) in [6.45, 7) is 0. The number of hydrogen-bond donors (Lipinski definition) is 1. The molecule has 104 valence electrons. The first-order valence-electron chi connectivity index (χ1n) is 6.56. The molecule has 21 heavy (non-hydrogen) atoms. The topological polar surface area (TPSA) is 55.0 Å². The molecule has 0 radical (unpaired) electrons. The van der Waals surface area contributed by atoms with Gasteiger partial charge in [-0.15, -0.1) is 0 Å². The monoisotopic (exact) mass is 278 g/mol. The van der Waals surface area contributed by atoms with E-state index in [1.54, 1.807) is 18.5 Å². The molecule has 0 aliphatic rings. The summed E-state index contributed by atoms with van der Waals surface area (Å²) in [6.07, 6.45) is 5.70. The highest BCUT2D eigenvalue weighted by molar-refractivity contribution is 5.89. The van der Waals surface area contributed by atoms with Crippen LogP contribution in [-0.4, -0.2) is 23.0 Å². The van der Waals surface area contributed by atoms with Crippen molar-refractivity contribution < 1.29 is 9.53 Å². The van der Waals surface area contributed by atoms with E-state index < -0.39 is 0 Å². The molecule has 0 aliphatic carbocycles. The molecule has 4 nitrogen and oxygen atoms in total. The van der Waals surface area contributed by atoms with Gasteiger partial charge in [0.15, 0.2) is 0 Å². The van der Waals surface area contributed by atoms with Crippen molar-refractivity contribution in [2.45, 2.75) is 0 Å². The van der Waals surface area contributed by atoms with Gasteiger partial charge in [0.25, 0.3) is 0 Å². The van der Waals surface area contributed by atoms with E-state index in [1.165, 1.54) is 7.11 Å². The first kappa shape index (κ1) is 13.1. The van der Waals surface area contributed by atoms with E-state index in [-0.39, 0.29) is 5.97 Å². The molecule has 0 saturated heterocycles. The first-order chi connectivity index (χ1) is 10.3. The Morgan fingerprint density at radius 3 is 2.57 bits per heavy atom. The van der Waals surface area contributed by atoms with Crippen LogP contribution in [0.4, 0.5) is 0 Å². The van der Waals surface area contributed by atoms with Gasteiger partial charge < -0.3 is 9.72 Å². The molecule has 3 aromatic rings. The first-order valence-corrected chi connectivity index (χ1v) is 6.56. The molecule has 3 rings (SSSR count). The Labute approximate surface area is 122 Å². The number of esters is 1. The van der Waals surface area contributed by atoms with Gasteiger partial charge in [0.1, 0.15) is 0 Å². The average molecular weight is 278 g/mol. The molecule has 0 saturated carbocycles. The number of carbonyl (C=O) groups is 1. The molecule has 0 amide bonds. The standard InChI is InChI=1S/C17H14N2O2/c1-21-17(20)14-7-4-12(5-8-14)2-3-13-6-9-15-16(10-13)19-11-18-15/h2-11H,1H3,(H,18,19)/b3-2+. The van der Waals surface area contributed by atoms with Crippen LogP contribution in [0, 0.1) is 0 Å².